The lowest BCUT2D eigenvalue weighted by molar-refractivity contribution is -0.172. The Balaban J connectivity index is 0.928. The van der Waals surface area contributed by atoms with Crippen molar-refractivity contribution in [2.24, 2.45) is 75.4 Å². The third kappa shape index (κ3) is 7.94. The van der Waals surface area contributed by atoms with E-state index >= 15 is 0 Å². The van der Waals surface area contributed by atoms with Crippen molar-refractivity contribution in [3.63, 3.8) is 0 Å². The van der Waals surface area contributed by atoms with Crippen LogP contribution < -0.4 is 10.1 Å². The minimum Gasteiger partial charge on any atom is -0.513 e. The molecule has 12 atom stereocenters. The van der Waals surface area contributed by atoms with Crippen molar-refractivity contribution in [3.8, 4) is 5.75 Å². The fourth-order valence-corrected chi connectivity index (χ4v) is 15.8. The molecular weight excluding hydrogens is 752 g/mol. The van der Waals surface area contributed by atoms with Crippen LogP contribution in [-0.2, 0) is 16.1 Å². The number of halogens is 1. The third-order valence-corrected chi connectivity index (χ3v) is 19.1. The van der Waals surface area contributed by atoms with E-state index in [0.717, 1.165) is 56.6 Å². The van der Waals surface area contributed by atoms with Gasteiger partial charge < -0.3 is 15.2 Å². The Bertz CT molecular complexity index is 1780. The van der Waals surface area contributed by atoms with E-state index in [1.54, 1.807) is 5.57 Å². The van der Waals surface area contributed by atoms with Gasteiger partial charge in [0.05, 0.1) is 5.76 Å². The molecule has 1 aromatic rings. The Morgan fingerprint density at radius 1 is 0.983 bits per heavy atom. The number of carbonyl (C=O) groups excluding carboxylic acids is 2. The first-order valence-electron chi connectivity index (χ1n) is 24.2. The zero-order valence-electron chi connectivity index (χ0n) is 37.6. The molecule has 1 heterocycles. The number of aliphatic hydroxyl groups is 1. The normalized spacial score (nSPS) is 39.5. The Morgan fingerprint density at radius 3 is 2.44 bits per heavy atom. The molecule has 1 aromatic carbocycles. The van der Waals surface area contributed by atoms with Gasteiger partial charge >= 0.3 is 0 Å². The number of aliphatic hydroxyl groups excluding tert-OH is 1. The number of nitrogens with zero attached hydrogens (tertiary/aromatic N) is 1. The van der Waals surface area contributed by atoms with Crippen LogP contribution in [0.4, 0.5) is 0 Å². The fourth-order valence-electron chi connectivity index (χ4n) is 15.6. The summed E-state index contributed by atoms with van der Waals surface area (Å²) in [6, 6.07) is 6.06. The molecule has 6 nitrogen and oxygen atoms in total. The molecule has 6 aliphatic carbocycles. The number of allylic oxidation sites excluding steroid dienone is 3. The molecule has 7 aliphatic rings. The van der Waals surface area contributed by atoms with Crippen LogP contribution in [-0.4, -0.2) is 54.4 Å². The molecule has 8 rings (SSSR count). The Kier molecular flexibility index (Phi) is 12.7. The summed E-state index contributed by atoms with van der Waals surface area (Å²) in [6.07, 6.45) is 16.9. The molecule has 5 saturated carbocycles. The van der Waals surface area contributed by atoms with E-state index < -0.39 is 0 Å². The summed E-state index contributed by atoms with van der Waals surface area (Å²) in [7, 11) is 0. The highest BCUT2D eigenvalue weighted by Crippen LogP contribution is 2.72. The number of fused-ring (bicyclic) bond motifs is 7. The predicted molar refractivity (Wildman–Crippen MR) is 239 cm³/mol. The third-order valence-electron chi connectivity index (χ3n) is 18.8. The molecule has 0 amide bonds. The van der Waals surface area contributed by atoms with E-state index in [4.69, 9.17) is 16.3 Å². The quantitative estimate of drug-likeness (QED) is 0.144. The Labute approximate surface area is 362 Å². The molecular formula is C52H77ClN2O4. The number of Topliss-reactive ketones (excluding diaryl/α,β-unsaturated/α-hetero) is 2. The van der Waals surface area contributed by atoms with E-state index in [1.165, 1.54) is 76.5 Å². The maximum absolute atomic E-state index is 14.1. The lowest BCUT2D eigenvalue weighted by Crippen LogP contribution is -2.60. The highest BCUT2D eigenvalue weighted by Gasteiger charge is 2.64. The standard InChI is InChI=1S/C52H77ClN2O4/c1-32(2)48-45(58)30-52(21-22-54-31-37-11-12-38(53)28-46(37)59-26-25-55-23-9-8-10-24-55)20-17-43-39(49(48)52)13-14-47-50(6)18-15-36(33(3)42(50)16-19-51(43,47)7)27-44(57)41-29-40(34(41)4)35(5)56/h11-12,28,32-34,36,39-43,47,54,56H,5,8-10,13-27,29-31H2,1-4,6-7H3. The zero-order chi connectivity index (χ0) is 41.9. The van der Waals surface area contributed by atoms with Crippen LogP contribution in [0.3, 0.4) is 0 Å². The summed E-state index contributed by atoms with van der Waals surface area (Å²) < 4.78 is 6.36. The molecule has 12 unspecified atom stereocenters. The maximum atomic E-state index is 14.1. The second kappa shape index (κ2) is 17.2. The summed E-state index contributed by atoms with van der Waals surface area (Å²) in [5.74, 6) is 6.19. The molecule has 326 valence electrons. The minimum atomic E-state index is -0.0234. The van der Waals surface area contributed by atoms with Crippen LogP contribution >= 0.6 is 11.6 Å². The van der Waals surface area contributed by atoms with Crippen molar-refractivity contribution < 1.29 is 19.4 Å². The van der Waals surface area contributed by atoms with Crippen molar-refractivity contribution >= 4 is 23.2 Å². The monoisotopic (exact) mass is 829 g/mol. The van der Waals surface area contributed by atoms with Crippen LogP contribution in [0.15, 0.2) is 41.7 Å². The van der Waals surface area contributed by atoms with Crippen molar-refractivity contribution in [1.29, 1.82) is 0 Å². The number of likely N-dealkylation sites (tertiary alicyclic amines) is 1. The van der Waals surface area contributed by atoms with Gasteiger partial charge in [-0.25, -0.2) is 0 Å². The molecule has 7 heteroatoms. The number of benzene rings is 1. The maximum Gasteiger partial charge on any atom is 0.159 e. The second-order valence-corrected chi connectivity index (χ2v) is 22.4. The highest BCUT2D eigenvalue weighted by molar-refractivity contribution is 6.30. The molecule has 1 saturated heterocycles. The molecule has 1 aliphatic heterocycles. The van der Waals surface area contributed by atoms with Gasteiger partial charge in [0.15, 0.2) is 5.78 Å². The number of ether oxygens (including phenoxy) is 1. The summed E-state index contributed by atoms with van der Waals surface area (Å²) >= 11 is 6.46. The molecule has 6 fully saturated rings. The van der Waals surface area contributed by atoms with Crippen molar-refractivity contribution in [2.75, 3.05) is 32.8 Å². The van der Waals surface area contributed by atoms with Crippen molar-refractivity contribution in [3.05, 3.63) is 52.3 Å². The molecule has 0 radical (unpaired) electrons. The number of ketones is 2. The van der Waals surface area contributed by atoms with Gasteiger partial charge in [-0.3, -0.25) is 14.5 Å². The lowest BCUT2D eigenvalue weighted by Gasteiger charge is -2.67. The summed E-state index contributed by atoms with van der Waals surface area (Å²) in [6.45, 7) is 23.8. The highest BCUT2D eigenvalue weighted by atomic mass is 35.5. The van der Waals surface area contributed by atoms with E-state index in [1.807, 2.05) is 12.1 Å². The van der Waals surface area contributed by atoms with Gasteiger partial charge in [-0.1, -0.05) is 77.8 Å². The molecule has 0 spiro atoms. The Hall–Kier alpha value is -2.15. The topological polar surface area (TPSA) is 78.9 Å². The second-order valence-electron chi connectivity index (χ2n) is 22.0. The predicted octanol–water partition coefficient (Wildman–Crippen LogP) is 11.8. The SMILES string of the molecule is C=C(O)C1CC(C(=O)CC2CCC3(C)C(CCC4(C)C5CCC6(CCNCc7ccc(Cl)cc7OCCN7CCCCC7)CC(=O)C(C(C)C)=C6C5CCC43)C2C)C1C. The summed E-state index contributed by atoms with van der Waals surface area (Å²) in [5.41, 5.74) is 4.49. The molecule has 0 aromatic heterocycles. The first kappa shape index (κ1) is 43.5. The number of hydrogen-bond donors (Lipinski definition) is 2. The van der Waals surface area contributed by atoms with Crippen molar-refractivity contribution in [1.82, 2.24) is 10.2 Å². The average molecular weight is 830 g/mol. The van der Waals surface area contributed by atoms with Crippen molar-refractivity contribution in [2.45, 2.75) is 144 Å². The van der Waals surface area contributed by atoms with Crippen LogP contribution in [0.5, 0.6) is 5.75 Å². The molecule has 2 N–H and O–H groups in total. The first-order valence-corrected chi connectivity index (χ1v) is 24.6. The van der Waals surface area contributed by atoms with Gasteiger partial charge in [-0.05, 0) is 173 Å². The van der Waals surface area contributed by atoms with Gasteiger partial charge in [0.1, 0.15) is 18.1 Å². The minimum absolute atomic E-state index is 0.0234. The lowest BCUT2D eigenvalue weighted by atomic mass is 9.37. The van der Waals surface area contributed by atoms with Gasteiger partial charge in [-0.15, -0.1) is 0 Å². The number of carbonyl (C=O) groups is 2. The number of rotatable bonds is 14. The number of hydrogen-bond acceptors (Lipinski definition) is 6. The Morgan fingerprint density at radius 2 is 1.71 bits per heavy atom. The van der Waals surface area contributed by atoms with E-state index in [0.29, 0.717) is 77.0 Å². The summed E-state index contributed by atoms with van der Waals surface area (Å²) in [4.78, 5) is 30.3. The molecule has 59 heavy (non-hydrogen) atoms. The van der Waals surface area contributed by atoms with Gasteiger partial charge in [0.25, 0.3) is 0 Å². The largest absolute Gasteiger partial charge is 0.513 e. The van der Waals surface area contributed by atoms with Crippen LogP contribution in [0.2, 0.25) is 5.02 Å². The van der Waals surface area contributed by atoms with Crippen LogP contribution in [0.25, 0.3) is 0 Å². The fraction of sp³-hybridized carbons (Fsp3) is 0.769. The zero-order valence-corrected chi connectivity index (χ0v) is 38.3. The average Bonchev–Trinajstić information content (AvgIpc) is 3.50. The van der Waals surface area contributed by atoms with Gasteiger partial charge in [0, 0.05) is 53.8 Å². The molecule has 0 bridgehead atoms. The van der Waals surface area contributed by atoms with E-state index in [2.05, 4.69) is 64.4 Å². The van der Waals surface area contributed by atoms with Gasteiger partial charge in [-0.2, -0.15) is 0 Å². The van der Waals surface area contributed by atoms with E-state index in [-0.39, 0.29) is 40.3 Å². The first-order chi connectivity index (χ1) is 28.2. The van der Waals surface area contributed by atoms with Crippen LogP contribution in [0.1, 0.15) is 143 Å². The number of nitrogens with one attached hydrogen (secondary N) is 1. The van der Waals surface area contributed by atoms with Crippen LogP contribution in [0, 0.1) is 75.4 Å². The smallest absolute Gasteiger partial charge is 0.159 e. The van der Waals surface area contributed by atoms with Gasteiger partial charge in [0.2, 0.25) is 0 Å². The number of piperidine rings is 1. The van der Waals surface area contributed by atoms with E-state index in [9.17, 15) is 14.7 Å². The summed E-state index contributed by atoms with van der Waals surface area (Å²) in [5, 5.41) is 14.5.